The van der Waals surface area contributed by atoms with Gasteiger partial charge in [0.15, 0.2) is 0 Å². The second kappa shape index (κ2) is 9.98. The van der Waals surface area contributed by atoms with Gasteiger partial charge in [-0.25, -0.2) is 4.79 Å². The zero-order valence-electron chi connectivity index (χ0n) is 18.7. The Morgan fingerprint density at radius 1 is 1.10 bits per heavy atom. The van der Waals surface area contributed by atoms with E-state index in [2.05, 4.69) is 36.9 Å². The number of aryl methyl sites for hydroxylation is 2. The van der Waals surface area contributed by atoms with E-state index >= 15 is 0 Å². The Morgan fingerprint density at radius 2 is 1.77 bits per heavy atom. The van der Waals surface area contributed by atoms with E-state index in [9.17, 15) is 4.79 Å². The molecule has 2 aromatic rings. The SMILES string of the molecule is COC(=O)c1ccc(CN2CCC(Oc3c(C)cccc3C)CC2)c(OC(C)C)c1. The average molecular weight is 412 g/mol. The van der Waals surface area contributed by atoms with Crippen molar-refractivity contribution in [3.8, 4) is 11.5 Å². The molecule has 0 aromatic heterocycles. The van der Waals surface area contributed by atoms with Crippen molar-refractivity contribution >= 4 is 5.97 Å². The summed E-state index contributed by atoms with van der Waals surface area (Å²) in [5.74, 6) is 1.43. The Kier molecular flexibility index (Phi) is 7.38. The Hall–Kier alpha value is -2.53. The first-order valence-corrected chi connectivity index (χ1v) is 10.7. The molecule has 162 valence electrons. The van der Waals surface area contributed by atoms with Crippen molar-refractivity contribution in [3.05, 3.63) is 58.7 Å². The van der Waals surface area contributed by atoms with Gasteiger partial charge in [0, 0.05) is 25.2 Å². The molecule has 0 saturated carbocycles. The number of piperidine rings is 1. The Bertz CT molecular complexity index is 849. The lowest BCUT2D eigenvalue weighted by atomic mass is 10.0. The van der Waals surface area contributed by atoms with Crippen molar-refractivity contribution in [2.24, 2.45) is 0 Å². The molecule has 0 radical (unpaired) electrons. The first kappa shape index (κ1) is 22.2. The van der Waals surface area contributed by atoms with Gasteiger partial charge in [0.25, 0.3) is 0 Å². The lowest BCUT2D eigenvalue weighted by Crippen LogP contribution is -2.38. The number of ether oxygens (including phenoxy) is 3. The molecule has 1 fully saturated rings. The summed E-state index contributed by atoms with van der Waals surface area (Å²) in [5.41, 5.74) is 3.99. The van der Waals surface area contributed by atoms with Gasteiger partial charge < -0.3 is 14.2 Å². The van der Waals surface area contributed by atoms with Gasteiger partial charge >= 0.3 is 5.97 Å². The van der Waals surface area contributed by atoms with Crippen LogP contribution in [0.5, 0.6) is 11.5 Å². The Labute approximate surface area is 179 Å². The topological polar surface area (TPSA) is 48.0 Å². The molecule has 0 N–H and O–H groups in total. The molecular formula is C25H33NO4. The van der Waals surface area contributed by atoms with Crippen molar-refractivity contribution in [3.63, 3.8) is 0 Å². The number of para-hydroxylation sites is 1. The van der Waals surface area contributed by atoms with Gasteiger partial charge in [0.1, 0.15) is 17.6 Å². The van der Waals surface area contributed by atoms with Crippen molar-refractivity contribution in [1.29, 1.82) is 0 Å². The minimum Gasteiger partial charge on any atom is -0.491 e. The quantitative estimate of drug-likeness (QED) is 0.605. The highest BCUT2D eigenvalue weighted by Crippen LogP contribution is 2.28. The number of carbonyl (C=O) groups is 1. The minimum absolute atomic E-state index is 0.0353. The van der Waals surface area contributed by atoms with Crippen LogP contribution in [0.25, 0.3) is 0 Å². The highest BCUT2D eigenvalue weighted by Gasteiger charge is 2.23. The predicted molar refractivity (Wildman–Crippen MR) is 118 cm³/mol. The molecule has 1 heterocycles. The van der Waals surface area contributed by atoms with Crippen LogP contribution in [0.4, 0.5) is 0 Å². The number of benzene rings is 2. The lowest BCUT2D eigenvalue weighted by Gasteiger charge is -2.33. The van der Waals surface area contributed by atoms with Crippen LogP contribution in [0.3, 0.4) is 0 Å². The molecule has 0 atom stereocenters. The summed E-state index contributed by atoms with van der Waals surface area (Å²) in [6.45, 7) is 10.9. The summed E-state index contributed by atoms with van der Waals surface area (Å²) in [6.07, 6.45) is 2.27. The van der Waals surface area contributed by atoms with E-state index in [4.69, 9.17) is 14.2 Å². The third-order valence-electron chi connectivity index (χ3n) is 5.47. The van der Waals surface area contributed by atoms with Crippen LogP contribution in [-0.4, -0.2) is 43.3 Å². The standard InChI is InChI=1S/C25H33NO4/c1-17(2)29-23-15-20(25(27)28-5)9-10-21(23)16-26-13-11-22(12-14-26)30-24-18(3)7-6-8-19(24)4/h6-10,15,17,22H,11-14,16H2,1-5H3. The Balaban J connectivity index is 1.63. The normalized spacial score (nSPS) is 15.3. The van der Waals surface area contributed by atoms with Crippen LogP contribution in [0.2, 0.25) is 0 Å². The van der Waals surface area contributed by atoms with Crippen LogP contribution in [0, 0.1) is 13.8 Å². The summed E-state index contributed by atoms with van der Waals surface area (Å²) in [4.78, 5) is 14.3. The number of carbonyl (C=O) groups excluding carboxylic acids is 1. The first-order valence-electron chi connectivity index (χ1n) is 10.7. The fourth-order valence-electron chi connectivity index (χ4n) is 3.87. The number of nitrogens with zero attached hydrogens (tertiary/aromatic N) is 1. The molecule has 30 heavy (non-hydrogen) atoms. The van der Waals surface area contributed by atoms with Crippen molar-refractivity contribution in [2.75, 3.05) is 20.2 Å². The van der Waals surface area contributed by atoms with Gasteiger partial charge in [-0.3, -0.25) is 4.90 Å². The molecule has 0 bridgehead atoms. The number of likely N-dealkylation sites (tertiary alicyclic amines) is 1. The predicted octanol–water partition coefficient (Wildman–Crippen LogP) is 4.92. The summed E-state index contributed by atoms with van der Waals surface area (Å²) >= 11 is 0. The van der Waals surface area contributed by atoms with Crippen molar-refractivity contribution in [2.45, 2.75) is 59.3 Å². The Morgan fingerprint density at radius 3 is 2.37 bits per heavy atom. The average Bonchev–Trinajstić information content (AvgIpc) is 2.72. The summed E-state index contributed by atoms with van der Waals surface area (Å²) in [7, 11) is 1.39. The van der Waals surface area contributed by atoms with Crippen molar-refractivity contribution in [1.82, 2.24) is 4.90 Å². The molecule has 5 nitrogen and oxygen atoms in total. The molecule has 2 aromatic carbocycles. The molecule has 1 aliphatic heterocycles. The van der Waals surface area contributed by atoms with Gasteiger partial charge in [-0.05, 0) is 63.8 Å². The number of methoxy groups -OCH3 is 1. The molecule has 1 aliphatic rings. The monoisotopic (exact) mass is 411 g/mol. The van der Waals surface area contributed by atoms with E-state index in [1.165, 1.54) is 18.2 Å². The summed E-state index contributed by atoms with van der Waals surface area (Å²) < 4.78 is 17.2. The van der Waals surface area contributed by atoms with Crippen molar-refractivity contribution < 1.29 is 19.0 Å². The van der Waals surface area contributed by atoms with E-state index in [1.54, 1.807) is 6.07 Å². The maximum absolute atomic E-state index is 11.9. The van der Waals surface area contributed by atoms with Gasteiger partial charge in [0.05, 0.1) is 18.8 Å². The minimum atomic E-state index is -0.348. The highest BCUT2D eigenvalue weighted by atomic mass is 16.5. The van der Waals surface area contributed by atoms with Gasteiger partial charge in [-0.15, -0.1) is 0 Å². The van der Waals surface area contributed by atoms with Crippen LogP contribution >= 0.6 is 0 Å². The van der Waals surface area contributed by atoms with Crippen LogP contribution in [0.15, 0.2) is 36.4 Å². The summed E-state index contributed by atoms with van der Waals surface area (Å²) in [5, 5.41) is 0. The summed E-state index contributed by atoms with van der Waals surface area (Å²) in [6, 6.07) is 11.9. The molecule has 3 rings (SSSR count). The van der Waals surface area contributed by atoms with Crippen LogP contribution < -0.4 is 9.47 Å². The van der Waals surface area contributed by atoms with E-state index in [0.717, 1.165) is 49.5 Å². The van der Waals surface area contributed by atoms with Gasteiger partial charge in [-0.2, -0.15) is 0 Å². The maximum Gasteiger partial charge on any atom is 0.337 e. The number of esters is 1. The van der Waals surface area contributed by atoms with Gasteiger partial charge in [0.2, 0.25) is 0 Å². The lowest BCUT2D eigenvalue weighted by molar-refractivity contribution is 0.0599. The fourth-order valence-corrected chi connectivity index (χ4v) is 3.87. The maximum atomic E-state index is 11.9. The zero-order valence-corrected chi connectivity index (χ0v) is 18.7. The van der Waals surface area contributed by atoms with E-state index in [-0.39, 0.29) is 18.2 Å². The molecule has 0 aliphatic carbocycles. The van der Waals surface area contributed by atoms with E-state index in [1.807, 2.05) is 26.0 Å². The van der Waals surface area contributed by atoms with Crippen LogP contribution in [-0.2, 0) is 11.3 Å². The number of rotatable bonds is 7. The van der Waals surface area contributed by atoms with Gasteiger partial charge in [-0.1, -0.05) is 24.3 Å². The first-order chi connectivity index (χ1) is 14.4. The number of hydrogen-bond acceptors (Lipinski definition) is 5. The van der Waals surface area contributed by atoms with Crippen LogP contribution in [0.1, 0.15) is 53.7 Å². The second-order valence-electron chi connectivity index (χ2n) is 8.29. The molecular weight excluding hydrogens is 378 g/mol. The molecule has 5 heteroatoms. The van der Waals surface area contributed by atoms with E-state index < -0.39 is 0 Å². The zero-order chi connectivity index (χ0) is 21.7. The molecule has 0 unspecified atom stereocenters. The molecule has 0 amide bonds. The molecule has 0 spiro atoms. The molecule has 1 saturated heterocycles. The third kappa shape index (κ3) is 5.54. The smallest absolute Gasteiger partial charge is 0.337 e. The largest absolute Gasteiger partial charge is 0.491 e. The third-order valence-corrected chi connectivity index (χ3v) is 5.47. The second-order valence-corrected chi connectivity index (χ2v) is 8.29. The fraction of sp³-hybridized carbons (Fsp3) is 0.480. The highest BCUT2D eigenvalue weighted by molar-refractivity contribution is 5.89. The number of hydrogen-bond donors (Lipinski definition) is 0. The van der Waals surface area contributed by atoms with E-state index in [0.29, 0.717) is 5.56 Å².